The SMILES string of the molecule is CCC(C)(C)C(C)(N)C(=O)O.[H-].[Li+]. The molecule has 68 valence electrons. The van der Waals surface area contributed by atoms with Crippen molar-refractivity contribution in [3.8, 4) is 0 Å². The second kappa shape index (κ2) is 4.32. The third-order valence-corrected chi connectivity index (χ3v) is 2.73. The van der Waals surface area contributed by atoms with Crippen LogP contribution in [0.25, 0.3) is 0 Å². The van der Waals surface area contributed by atoms with Crippen LogP contribution in [0.4, 0.5) is 0 Å². The average molecular weight is 167 g/mol. The predicted octanol–water partition coefficient (Wildman–Crippen LogP) is -1.66. The van der Waals surface area contributed by atoms with Crippen molar-refractivity contribution in [2.75, 3.05) is 0 Å². The standard InChI is InChI=1S/C8H17NO2.Li.H/c1-5-7(2,3)8(4,9)6(10)11;;/h5,9H2,1-4H3,(H,10,11);;/q;+1;-1. The summed E-state index contributed by atoms with van der Waals surface area (Å²) in [4.78, 5) is 10.7. The van der Waals surface area contributed by atoms with Gasteiger partial charge < -0.3 is 12.3 Å². The van der Waals surface area contributed by atoms with Crippen LogP contribution < -0.4 is 24.6 Å². The quantitative estimate of drug-likeness (QED) is 0.494. The molecule has 0 radical (unpaired) electrons. The zero-order valence-electron chi connectivity index (χ0n) is 9.64. The van der Waals surface area contributed by atoms with Crippen LogP contribution in [0.5, 0.6) is 0 Å². The average Bonchev–Trinajstić information content (AvgIpc) is 1.87. The molecule has 0 aromatic heterocycles. The van der Waals surface area contributed by atoms with Gasteiger partial charge in [-0.1, -0.05) is 20.8 Å². The summed E-state index contributed by atoms with van der Waals surface area (Å²) in [6.45, 7) is 7.22. The van der Waals surface area contributed by atoms with Gasteiger partial charge in [0.1, 0.15) is 5.54 Å². The Labute approximate surface area is 87.4 Å². The van der Waals surface area contributed by atoms with Gasteiger partial charge in [0.15, 0.2) is 0 Å². The van der Waals surface area contributed by atoms with E-state index in [0.29, 0.717) is 0 Å². The van der Waals surface area contributed by atoms with Crippen molar-refractivity contribution in [3.05, 3.63) is 0 Å². The first-order valence-corrected chi connectivity index (χ1v) is 3.78. The molecule has 0 aliphatic carbocycles. The van der Waals surface area contributed by atoms with Crippen molar-refractivity contribution in [1.29, 1.82) is 0 Å². The van der Waals surface area contributed by atoms with Crippen LogP contribution in [-0.4, -0.2) is 16.6 Å². The number of nitrogens with two attached hydrogens (primary N) is 1. The maximum absolute atomic E-state index is 10.7. The monoisotopic (exact) mass is 167 g/mol. The Morgan fingerprint density at radius 2 is 1.83 bits per heavy atom. The Balaban J connectivity index is -0.000000500. The molecule has 0 rings (SSSR count). The van der Waals surface area contributed by atoms with Crippen LogP contribution >= 0.6 is 0 Å². The van der Waals surface area contributed by atoms with Crippen molar-refractivity contribution in [1.82, 2.24) is 0 Å². The van der Waals surface area contributed by atoms with E-state index >= 15 is 0 Å². The number of carbonyl (C=O) groups is 1. The molecule has 3 N–H and O–H groups in total. The van der Waals surface area contributed by atoms with Crippen LogP contribution in [-0.2, 0) is 4.79 Å². The Morgan fingerprint density at radius 1 is 1.50 bits per heavy atom. The van der Waals surface area contributed by atoms with Gasteiger partial charge in [-0.3, -0.25) is 4.79 Å². The van der Waals surface area contributed by atoms with Gasteiger partial charge in [-0.25, -0.2) is 0 Å². The maximum atomic E-state index is 10.7. The van der Waals surface area contributed by atoms with Gasteiger partial charge in [-0.05, 0) is 18.8 Å². The third kappa shape index (κ3) is 2.51. The summed E-state index contributed by atoms with van der Waals surface area (Å²) in [5.41, 5.74) is 4.15. The molecule has 12 heavy (non-hydrogen) atoms. The summed E-state index contributed by atoms with van der Waals surface area (Å²) in [5, 5.41) is 8.78. The first kappa shape index (κ1) is 14.5. The van der Waals surface area contributed by atoms with E-state index < -0.39 is 11.5 Å². The summed E-state index contributed by atoms with van der Waals surface area (Å²) in [7, 11) is 0. The predicted molar refractivity (Wildman–Crippen MR) is 45.4 cm³/mol. The van der Waals surface area contributed by atoms with Gasteiger partial charge in [-0.2, -0.15) is 0 Å². The van der Waals surface area contributed by atoms with Gasteiger partial charge >= 0.3 is 24.8 Å². The van der Waals surface area contributed by atoms with Crippen LogP contribution in [0.2, 0.25) is 0 Å². The molecular formula is C8H18LiNO2. The summed E-state index contributed by atoms with van der Waals surface area (Å²) in [6.07, 6.45) is 0.756. The number of rotatable bonds is 3. The maximum Gasteiger partial charge on any atom is 1.00 e. The minimum atomic E-state index is -1.14. The molecule has 0 aromatic rings. The topological polar surface area (TPSA) is 63.3 Å². The van der Waals surface area contributed by atoms with Crippen LogP contribution in [0.15, 0.2) is 0 Å². The number of carboxylic acid groups (broad SMARTS) is 1. The minimum Gasteiger partial charge on any atom is -1.00 e. The normalized spacial score (nSPS) is 16.1. The number of aliphatic carboxylic acids is 1. The molecule has 1 atom stereocenters. The molecule has 0 aliphatic heterocycles. The molecule has 0 spiro atoms. The van der Waals surface area contributed by atoms with E-state index in [-0.39, 0.29) is 25.7 Å². The van der Waals surface area contributed by atoms with E-state index in [4.69, 9.17) is 10.8 Å². The zero-order valence-corrected chi connectivity index (χ0v) is 8.64. The van der Waals surface area contributed by atoms with E-state index in [9.17, 15) is 4.79 Å². The first-order valence-electron chi connectivity index (χ1n) is 3.78. The molecular weight excluding hydrogens is 149 g/mol. The number of hydrogen-bond acceptors (Lipinski definition) is 2. The fraction of sp³-hybridized carbons (Fsp3) is 0.875. The molecule has 3 nitrogen and oxygen atoms in total. The van der Waals surface area contributed by atoms with Gasteiger partial charge in [-0.15, -0.1) is 0 Å². The second-order valence-electron chi connectivity index (χ2n) is 3.74. The summed E-state index contributed by atoms with van der Waals surface area (Å²) >= 11 is 0. The smallest absolute Gasteiger partial charge is 1.00 e. The zero-order chi connectivity index (χ0) is 9.28. The molecule has 0 saturated heterocycles. The van der Waals surface area contributed by atoms with Gasteiger partial charge in [0.05, 0.1) is 0 Å². The van der Waals surface area contributed by atoms with E-state index in [0.717, 1.165) is 6.42 Å². The Bertz CT molecular complexity index is 172. The Morgan fingerprint density at radius 3 is 1.92 bits per heavy atom. The second-order valence-corrected chi connectivity index (χ2v) is 3.74. The number of carboxylic acids is 1. The Kier molecular flexibility index (Phi) is 5.23. The molecule has 0 fully saturated rings. The molecule has 0 heterocycles. The van der Waals surface area contributed by atoms with Crippen LogP contribution in [0.1, 0.15) is 35.5 Å². The van der Waals surface area contributed by atoms with E-state index in [1.807, 2.05) is 20.8 Å². The van der Waals surface area contributed by atoms with E-state index in [1.54, 1.807) is 6.92 Å². The van der Waals surface area contributed by atoms with Crippen molar-refractivity contribution in [3.63, 3.8) is 0 Å². The third-order valence-electron chi connectivity index (χ3n) is 2.73. The fourth-order valence-corrected chi connectivity index (χ4v) is 0.657. The summed E-state index contributed by atoms with van der Waals surface area (Å²) in [5.74, 6) is -0.940. The van der Waals surface area contributed by atoms with Crippen molar-refractivity contribution < 1.29 is 30.2 Å². The Hall–Kier alpha value is 0.0274. The number of hydrogen-bond donors (Lipinski definition) is 2. The molecule has 0 amide bonds. The van der Waals surface area contributed by atoms with E-state index in [2.05, 4.69) is 0 Å². The molecule has 0 saturated carbocycles. The first-order chi connectivity index (χ1) is 4.75. The molecule has 1 unspecified atom stereocenters. The van der Waals surface area contributed by atoms with Crippen LogP contribution in [0, 0.1) is 5.41 Å². The van der Waals surface area contributed by atoms with Crippen LogP contribution in [0.3, 0.4) is 0 Å². The van der Waals surface area contributed by atoms with Crippen molar-refractivity contribution in [2.45, 2.75) is 39.7 Å². The van der Waals surface area contributed by atoms with Gasteiger partial charge in [0, 0.05) is 0 Å². The molecule has 0 bridgehead atoms. The summed E-state index contributed by atoms with van der Waals surface area (Å²) in [6, 6.07) is 0. The van der Waals surface area contributed by atoms with Crippen molar-refractivity contribution >= 4 is 5.97 Å². The van der Waals surface area contributed by atoms with Gasteiger partial charge in [0.2, 0.25) is 0 Å². The van der Waals surface area contributed by atoms with Crippen molar-refractivity contribution in [2.24, 2.45) is 11.1 Å². The largest absolute Gasteiger partial charge is 1.00 e. The molecule has 0 aliphatic rings. The fourth-order valence-electron chi connectivity index (χ4n) is 0.657. The van der Waals surface area contributed by atoms with Gasteiger partial charge in [0.25, 0.3) is 0 Å². The van der Waals surface area contributed by atoms with E-state index in [1.165, 1.54) is 0 Å². The summed E-state index contributed by atoms with van der Waals surface area (Å²) < 4.78 is 0. The molecule has 0 aromatic carbocycles. The minimum absolute atomic E-state index is 0. The molecule has 4 heteroatoms.